The van der Waals surface area contributed by atoms with Gasteiger partial charge in [0.25, 0.3) is 0 Å². The molecular weight excluding hydrogens is 262 g/mol. The summed E-state index contributed by atoms with van der Waals surface area (Å²) in [6, 6.07) is 0. The number of carbonyl (C=O) groups is 2. The molecule has 0 saturated carbocycles. The maximum Gasteiger partial charge on any atom is 0.310 e. The van der Waals surface area contributed by atoms with Crippen LogP contribution in [0.1, 0.15) is 40.0 Å². The molecule has 1 rings (SSSR count). The Kier molecular flexibility index (Phi) is 5.53. The second kappa shape index (κ2) is 6.54. The highest BCUT2D eigenvalue weighted by Gasteiger charge is 2.39. The third-order valence-corrected chi connectivity index (χ3v) is 4.33. The van der Waals surface area contributed by atoms with Crippen LogP contribution in [-0.4, -0.2) is 47.4 Å². The molecule has 0 aromatic carbocycles. The maximum absolute atomic E-state index is 11.9. The first-order valence-corrected chi connectivity index (χ1v) is 7.00. The van der Waals surface area contributed by atoms with Crippen molar-refractivity contribution in [1.29, 1.82) is 0 Å². The summed E-state index contributed by atoms with van der Waals surface area (Å²) in [6.07, 6.45) is 0.869. The van der Waals surface area contributed by atoms with Crippen molar-refractivity contribution in [3.63, 3.8) is 0 Å². The van der Waals surface area contributed by atoms with Gasteiger partial charge in [-0.2, -0.15) is 0 Å². The first-order valence-electron chi connectivity index (χ1n) is 7.00. The lowest BCUT2D eigenvalue weighted by Crippen LogP contribution is -2.48. The van der Waals surface area contributed by atoms with Gasteiger partial charge in [0, 0.05) is 39.0 Å². The summed E-state index contributed by atoms with van der Waals surface area (Å²) in [7, 11) is 0. The van der Waals surface area contributed by atoms with Crippen LogP contribution >= 0.6 is 0 Å². The van der Waals surface area contributed by atoms with Gasteiger partial charge in [-0.25, -0.2) is 0 Å². The SMILES string of the molecule is CC(C)C(C)(CC(=O)NCC1(O)CCOCC1)C(=O)O. The monoisotopic (exact) mass is 287 g/mol. The van der Waals surface area contributed by atoms with Gasteiger partial charge in [-0.15, -0.1) is 0 Å². The van der Waals surface area contributed by atoms with E-state index in [0.29, 0.717) is 26.1 Å². The highest BCUT2D eigenvalue weighted by molar-refractivity contribution is 5.84. The van der Waals surface area contributed by atoms with Crippen molar-refractivity contribution in [3.05, 3.63) is 0 Å². The van der Waals surface area contributed by atoms with Gasteiger partial charge in [0.2, 0.25) is 5.91 Å². The van der Waals surface area contributed by atoms with Gasteiger partial charge in [0.1, 0.15) is 0 Å². The zero-order valence-corrected chi connectivity index (χ0v) is 12.4. The molecule has 6 heteroatoms. The fraction of sp³-hybridized carbons (Fsp3) is 0.857. The molecule has 0 aromatic heterocycles. The van der Waals surface area contributed by atoms with Crippen LogP contribution in [0.2, 0.25) is 0 Å². The van der Waals surface area contributed by atoms with Crippen molar-refractivity contribution >= 4 is 11.9 Å². The molecule has 1 unspecified atom stereocenters. The van der Waals surface area contributed by atoms with Crippen LogP contribution in [0.3, 0.4) is 0 Å². The molecule has 116 valence electrons. The molecule has 1 fully saturated rings. The predicted molar refractivity (Wildman–Crippen MR) is 73.2 cm³/mol. The highest BCUT2D eigenvalue weighted by Crippen LogP contribution is 2.31. The van der Waals surface area contributed by atoms with Crippen LogP contribution in [0.4, 0.5) is 0 Å². The van der Waals surface area contributed by atoms with E-state index in [4.69, 9.17) is 4.74 Å². The summed E-state index contributed by atoms with van der Waals surface area (Å²) in [4.78, 5) is 23.3. The van der Waals surface area contributed by atoms with Gasteiger partial charge < -0.3 is 20.3 Å². The van der Waals surface area contributed by atoms with Gasteiger partial charge in [0.15, 0.2) is 0 Å². The van der Waals surface area contributed by atoms with E-state index >= 15 is 0 Å². The number of amides is 1. The summed E-state index contributed by atoms with van der Waals surface area (Å²) >= 11 is 0. The molecule has 1 amide bonds. The molecule has 0 bridgehead atoms. The summed E-state index contributed by atoms with van der Waals surface area (Å²) in [5.74, 6) is -1.48. The molecule has 0 aliphatic carbocycles. The summed E-state index contributed by atoms with van der Waals surface area (Å²) < 4.78 is 5.16. The van der Waals surface area contributed by atoms with E-state index in [1.54, 1.807) is 20.8 Å². The van der Waals surface area contributed by atoms with Crippen molar-refractivity contribution in [2.45, 2.75) is 45.6 Å². The third kappa shape index (κ3) is 4.18. The summed E-state index contributed by atoms with van der Waals surface area (Å²) in [5, 5.41) is 22.1. The Morgan fingerprint density at radius 3 is 2.35 bits per heavy atom. The van der Waals surface area contributed by atoms with Crippen LogP contribution in [0.5, 0.6) is 0 Å². The predicted octanol–water partition coefficient (Wildman–Crippen LogP) is 0.781. The van der Waals surface area contributed by atoms with Crippen LogP contribution in [0.25, 0.3) is 0 Å². The number of carbonyl (C=O) groups excluding carboxylic acids is 1. The van der Waals surface area contributed by atoms with Gasteiger partial charge in [0.05, 0.1) is 11.0 Å². The normalized spacial score (nSPS) is 21.2. The van der Waals surface area contributed by atoms with Crippen molar-refractivity contribution in [1.82, 2.24) is 5.32 Å². The molecule has 3 N–H and O–H groups in total. The number of nitrogens with one attached hydrogen (secondary N) is 1. The fourth-order valence-corrected chi connectivity index (χ4v) is 2.11. The van der Waals surface area contributed by atoms with Crippen molar-refractivity contribution in [2.75, 3.05) is 19.8 Å². The lowest BCUT2D eigenvalue weighted by atomic mass is 9.76. The van der Waals surface area contributed by atoms with E-state index in [2.05, 4.69) is 5.32 Å². The van der Waals surface area contributed by atoms with E-state index in [1.165, 1.54) is 0 Å². The van der Waals surface area contributed by atoms with Crippen LogP contribution in [0.15, 0.2) is 0 Å². The Morgan fingerprint density at radius 1 is 1.35 bits per heavy atom. The molecule has 0 radical (unpaired) electrons. The van der Waals surface area contributed by atoms with E-state index in [9.17, 15) is 19.8 Å². The smallest absolute Gasteiger partial charge is 0.310 e. The Bertz CT molecular complexity index is 363. The van der Waals surface area contributed by atoms with Gasteiger partial charge in [-0.1, -0.05) is 13.8 Å². The lowest BCUT2D eigenvalue weighted by molar-refractivity contribution is -0.153. The summed E-state index contributed by atoms with van der Waals surface area (Å²) in [5.41, 5.74) is -2.03. The highest BCUT2D eigenvalue weighted by atomic mass is 16.5. The Labute approximate surface area is 119 Å². The topological polar surface area (TPSA) is 95.9 Å². The van der Waals surface area contributed by atoms with Crippen LogP contribution in [-0.2, 0) is 14.3 Å². The van der Waals surface area contributed by atoms with Crippen LogP contribution < -0.4 is 5.32 Å². The lowest BCUT2D eigenvalue weighted by Gasteiger charge is -2.33. The van der Waals surface area contributed by atoms with Crippen molar-refractivity contribution < 1.29 is 24.5 Å². The van der Waals surface area contributed by atoms with E-state index < -0.39 is 17.0 Å². The second-order valence-electron chi connectivity index (χ2n) is 6.17. The first-order chi connectivity index (χ1) is 9.19. The molecule has 1 atom stereocenters. The number of carboxylic acids is 1. The molecule has 1 heterocycles. The zero-order valence-electron chi connectivity index (χ0n) is 12.4. The third-order valence-electron chi connectivity index (χ3n) is 4.33. The molecule has 1 saturated heterocycles. The molecule has 20 heavy (non-hydrogen) atoms. The average molecular weight is 287 g/mol. The number of aliphatic hydroxyl groups is 1. The minimum atomic E-state index is -1.09. The molecule has 6 nitrogen and oxygen atoms in total. The average Bonchev–Trinajstić information content (AvgIpc) is 2.37. The minimum absolute atomic E-state index is 0.0907. The molecule has 0 aromatic rings. The number of rotatable bonds is 6. The summed E-state index contributed by atoms with van der Waals surface area (Å²) in [6.45, 7) is 6.24. The van der Waals surface area contributed by atoms with Crippen LogP contribution in [0, 0.1) is 11.3 Å². The molecule has 1 aliphatic heterocycles. The number of carboxylic acid groups (broad SMARTS) is 1. The second-order valence-corrected chi connectivity index (χ2v) is 6.17. The molecule has 1 aliphatic rings. The Balaban J connectivity index is 2.52. The molecule has 0 spiro atoms. The van der Waals surface area contributed by atoms with Gasteiger partial charge >= 0.3 is 5.97 Å². The van der Waals surface area contributed by atoms with E-state index in [1.807, 2.05) is 0 Å². The quantitative estimate of drug-likeness (QED) is 0.671. The maximum atomic E-state index is 11.9. The van der Waals surface area contributed by atoms with Gasteiger partial charge in [-0.3, -0.25) is 9.59 Å². The van der Waals surface area contributed by atoms with E-state index in [0.717, 1.165) is 0 Å². The number of hydrogen-bond acceptors (Lipinski definition) is 4. The Morgan fingerprint density at radius 2 is 1.90 bits per heavy atom. The zero-order chi connectivity index (χ0) is 15.4. The standard InChI is InChI=1S/C14H25NO5/c1-10(2)13(3,12(17)18)8-11(16)15-9-14(19)4-6-20-7-5-14/h10,19H,4-9H2,1-3H3,(H,15,16)(H,17,18). The Hall–Kier alpha value is -1.14. The number of ether oxygens (including phenoxy) is 1. The van der Waals surface area contributed by atoms with Crippen molar-refractivity contribution in [2.24, 2.45) is 11.3 Å². The first kappa shape index (κ1) is 16.9. The number of aliphatic carboxylic acids is 1. The molecular formula is C14H25NO5. The van der Waals surface area contributed by atoms with E-state index in [-0.39, 0.29) is 24.8 Å². The van der Waals surface area contributed by atoms with Crippen molar-refractivity contribution in [3.8, 4) is 0 Å². The fourth-order valence-electron chi connectivity index (χ4n) is 2.11. The minimum Gasteiger partial charge on any atom is -0.481 e. The largest absolute Gasteiger partial charge is 0.481 e. The van der Waals surface area contributed by atoms with Gasteiger partial charge in [-0.05, 0) is 12.8 Å². The number of hydrogen-bond donors (Lipinski definition) is 3.